The van der Waals surface area contributed by atoms with Gasteiger partial charge in [-0.25, -0.2) is 0 Å². The molecular formula is C68H36N6O2. The van der Waals surface area contributed by atoms with Crippen molar-refractivity contribution in [2.45, 2.75) is 0 Å². The Labute approximate surface area is 431 Å². The molecule has 0 saturated carbocycles. The van der Waals surface area contributed by atoms with Gasteiger partial charge in [0.05, 0.1) is 78.0 Å². The number of benzene rings is 11. The highest BCUT2D eigenvalue weighted by Crippen LogP contribution is 2.51. The van der Waals surface area contributed by atoms with E-state index in [1.165, 1.54) is 0 Å². The van der Waals surface area contributed by atoms with Crippen LogP contribution >= 0.6 is 0 Å². The number of para-hydroxylation sites is 8. The molecule has 350 valence electrons. The fraction of sp³-hybridized carbons (Fsp3) is 0. The average Bonchev–Trinajstić information content (AvgIpc) is 4.34. The summed E-state index contributed by atoms with van der Waals surface area (Å²) in [6.45, 7) is 0. The van der Waals surface area contributed by atoms with Gasteiger partial charge in [-0.3, -0.25) is 0 Å². The molecule has 6 heterocycles. The number of hydrogen-bond donors (Lipinski definition) is 0. The van der Waals surface area contributed by atoms with Crippen LogP contribution in [0.1, 0.15) is 11.1 Å². The van der Waals surface area contributed by atoms with Crippen LogP contribution in [0, 0.1) is 22.7 Å². The molecule has 0 saturated heterocycles. The Kier molecular flexibility index (Phi) is 7.99. The zero-order valence-corrected chi connectivity index (χ0v) is 40.3. The van der Waals surface area contributed by atoms with E-state index in [1.54, 1.807) is 0 Å². The Morgan fingerprint density at radius 1 is 0.250 bits per heavy atom. The lowest BCUT2D eigenvalue weighted by molar-refractivity contribution is 0.670. The first-order chi connectivity index (χ1) is 37.7. The summed E-state index contributed by atoms with van der Waals surface area (Å²) in [5.41, 5.74) is 12.8. The molecule has 0 unspecified atom stereocenters. The molecule has 0 fully saturated rings. The monoisotopic (exact) mass is 968 g/mol. The Hall–Kier alpha value is -10.8. The molecule has 0 amide bonds. The van der Waals surface area contributed by atoms with E-state index in [0.29, 0.717) is 33.9 Å². The molecule has 76 heavy (non-hydrogen) atoms. The van der Waals surface area contributed by atoms with Crippen molar-refractivity contribution in [1.82, 2.24) is 18.3 Å². The molecule has 11 aromatic carbocycles. The van der Waals surface area contributed by atoms with Gasteiger partial charge in [0, 0.05) is 64.6 Å². The van der Waals surface area contributed by atoms with E-state index in [-0.39, 0.29) is 11.1 Å². The number of aromatic nitrogens is 4. The van der Waals surface area contributed by atoms with Crippen molar-refractivity contribution in [3.63, 3.8) is 0 Å². The van der Waals surface area contributed by atoms with Gasteiger partial charge in [-0.15, -0.1) is 0 Å². The normalized spacial score (nSPS) is 12.2. The number of nitrogens with zero attached hydrogens (tertiary/aromatic N) is 6. The summed E-state index contributed by atoms with van der Waals surface area (Å²) in [4.78, 5) is 0. The van der Waals surface area contributed by atoms with E-state index < -0.39 is 0 Å². The Morgan fingerprint density at radius 2 is 0.513 bits per heavy atom. The lowest BCUT2D eigenvalue weighted by atomic mass is 9.98. The number of fused-ring (bicyclic) bond motifs is 20. The predicted octanol–water partition coefficient (Wildman–Crippen LogP) is 17.6. The van der Waals surface area contributed by atoms with Crippen LogP contribution in [0.15, 0.2) is 227 Å². The van der Waals surface area contributed by atoms with Crippen molar-refractivity contribution >= 4 is 131 Å². The first-order valence-corrected chi connectivity index (χ1v) is 25.4. The molecule has 0 N–H and O–H groups in total. The van der Waals surface area contributed by atoms with Gasteiger partial charge >= 0.3 is 0 Å². The molecule has 6 aromatic heterocycles. The van der Waals surface area contributed by atoms with Crippen LogP contribution in [0.5, 0.6) is 0 Å². The lowest BCUT2D eigenvalue weighted by Gasteiger charge is -2.27. The molecule has 8 heteroatoms. The SMILES string of the molecule is N#Cc1c(C#N)c(-n2c3ccccc3c3ccc4c5ccccc5oc4c32)c(-n2c3ccccc3c3ccccc32)c(-n2c3ccccc3c3ccccc32)c1-n1c2ccccc2c2ccc3c4ccccc4oc3c21. The van der Waals surface area contributed by atoms with Crippen LogP contribution in [0.3, 0.4) is 0 Å². The zero-order chi connectivity index (χ0) is 49.9. The summed E-state index contributed by atoms with van der Waals surface area (Å²) in [6.07, 6.45) is 0. The lowest BCUT2D eigenvalue weighted by Crippen LogP contribution is -2.17. The summed E-state index contributed by atoms with van der Waals surface area (Å²) >= 11 is 0. The molecule has 8 nitrogen and oxygen atoms in total. The highest BCUT2D eigenvalue weighted by Gasteiger charge is 2.36. The molecule has 0 aliphatic carbocycles. The summed E-state index contributed by atoms with van der Waals surface area (Å²) in [5.74, 6) is 0. The van der Waals surface area contributed by atoms with Crippen LogP contribution in [0.4, 0.5) is 0 Å². The highest BCUT2D eigenvalue weighted by atomic mass is 16.3. The van der Waals surface area contributed by atoms with Crippen molar-refractivity contribution in [3.05, 3.63) is 230 Å². The van der Waals surface area contributed by atoms with Crippen molar-refractivity contribution < 1.29 is 8.83 Å². The molecule has 0 aliphatic rings. The third kappa shape index (κ3) is 5.09. The van der Waals surface area contributed by atoms with Crippen LogP contribution in [-0.2, 0) is 0 Å². The minimum Gasteiger partial charge on any atom is -0.454 e. The third-order valence-corrected chi connectivity index (χ3v) is 16.0. The molecule has 17 rings (SSSR count). The smallest absolute Gasteiger partial charge is 0.160 e. The second-order valence-corrected chi connectivity index (χ2v) is 19.7. The van der Waals surface area contributed by atoms with E-state index in [0.717, 1.165) is 120 Å². The second-order valence-electron chi connectivity index (χ2n) is 19.7. The topological polar surface area (TPSA) is 93.6 Å². The van der Waals surface area contributed by atoms with Crippen LogP contribution in [0.2, 0.25) is 0 Å². The van der Waals surface area contributed by atoms with E-state index in [9.17, 15) is 10.5 Å². The van der Waals surface area contributed by atoms with Crippen molar-refractivity contribution in [1.29, 1.82) is 10.5 Å². The van der Waals surface area contributed by atoms with Crippen LogP contribution < -0.4 is 0 Å². The average molecular weight is 969 g/mol. The molecule has 0 spiro atoms. The Bertz CT molecular complexity index is 5070. The van der Waals surface area contributed by atoms with E-state index in [4.69, 9.17) is 8.83 Å². The quantitative estimate of drug-likeness (QED) is 0.176. The maximum Gasteiger partial charge on any atom is 0.160 e. The van der Waals surface area contributed by atoms with E-state index >= 15 is 0 Å². The van der Waals surface area contributed by atoms with Crippen molar-refractivity contribution in [3.8, 4) is 34.9 Å². The molecule has 17 aromatic rings. The van der Waals surface area contributed by atoms with Crippen LogP contribution in [0.25, 0.3) is 154 Å². The standard InChI is InChI=1S/C68H36N6O2/c69-37-51-52(38-70)62(74-58-30-14-6-22-44(58)48-34-36-50-46-24-8-16-32-60(46)76-68(50)64(48)74)66(72-55-27-11-3-19-41(55)42-20-4-12-28-56(42)72)65(71-53-25-9-1-17-39(53)40-18-2-10-26-54(40)71)61(51)73-57-29-13-5-21-43(57)47-33-35-49-45-23-7-15-31-59(45)75-67(49)63(47)73/h1-36H. The Morgan fingerprint density at radius 3 is 0.842 bits per heavy atom. The van der Waals surface area contributed by atoms with Gasteiger partial charge in [-0.2, -0.15) is 10.5 Å². The predicted molar refractivity (Wildman–Crippen MR) is 308 cm³/mol. The van der Waals surface area contributed by atoms with E-state index in [2.05, 4.69) is 200 Å². The van der Waals surface area contributed by atoms with Gasteiger partial charge in [0.25, 0.3) is 0 Å². The number of rotatable bonds is 4. The molecular weight excluding hydrogens is 933 g/mol. The molecule has 0 atom stereocenters. The third-order valence-electron chi connectivity index (χ3n) is 16.0. The number of hydrogen-bond acceptors (Lipinski definition) is 4. The fourth-order valence-electron chi connectivity index (χ4n) is 13.0. The van der Waals surface area contributed by atoms with Gasteiger partial charge in [0.1, 0.15) is 23.3 Å². The minimum atomic E-state index is 0.206. The number of nitriles is 2. The minimum absolute atomic E-state index is 0.206. The first-order valence-electron chi connectivity index (χ1n) is 25.4. The van der Waals surface area contributed by atoms with E-state index in [1.807, 2.05) is 48.5 Å². The highest BCUT2D eigenvalue weighted by molar-refractivity contribution is 6.24. The van der Waals surface area contributed by atoms with Gasteiger partial charge in [0.15, 0.2) is 11.2 Å². The largest absolute Gasteiger partial charge is 0.454 e. The summed E-state index contributed by atoms with van der Waals surface area (Å²) in [5, 5.41) is 36.8. The Balaban J connectivity index is 1.22. The zero-order valence-electron chi connectivity index (χ0n) is 40.3. The maximum atomic E-state index is 12.4. The maximum absolute atomic E-state index is 12.4. The van der Waals surface area contributed by atoms with Gasteiger partial charge in [0.2, 0.25) is 0 Å². The molecule has 0 bridgehead atoms. The summed E-state index contributed by atoms with van der Waals surface area (Å²) in [7, 11) is 0. The summed E-state index contributed by atoms with van der Waals surface area (Å²) < 4.78 is 23.2. The summed E-state index contributed by atoms with van der Waals surface area (Å²) in [6, 6.07) is 81.2. The first kappa shape index (κ1) is 40.8. The van der Waals surface area contributed by atoms with Crippen molar-refractivity contribution in [2.75, 3.05) is 0 Å². The molecule has 0 radical (unpaired) electrons. The second kappa shape index (κ2) is 14.9. The van der Waals surface area contributed by atoms with Gasteiger partial charge < -0.3 is 27.1 Å². The van der Waals surface area contributed by atoms with Gasteiger partial charge in [-0.05, 0) is 60.7 Å². The van der Waals surface area contributed by atoms with Crippen LogP contribution in [-0.4, -0.2) is 18.3 Å². The fourth-order valence-corrected chi connectivity index (χ4v) is 13.0. The van der Waals surface area contributed by atoms with Crippen molar-refractivity contribution in [2.24, 2.45) is 0 Å². The van der Waals surface area contributed by atoms with Gasteiger partial charge in [-0.1, -0.05) is 158 Å². The molecule has 0 aliphatic heterocycles. The number of furan rings is 2.